The molecule has 0 spiro atoms. The van der Waals surface area contributed by atoms with Crippen molar-refractivity contribution >= 4 is 23.7 Å². The summed E-state index contributed by atoms with van der Waals surface area (Å²) < 4.78 is 15.6. The summed E-state index contributed by atoms with van der Waals surface area (Å²) in [4.78, 5) is 15.6. The van der Waals surface area contributed by atoms with Gasteiger partial charge in [-0.25, -0.2) is 14.1 Å². The summed E-state index contributed by atoms with van der Waals surface area (Å²) in [5.74, 6) is -0.313. The van der Waals surface area contributed by atoms with Gasteiger partial charge >= 0.3 is 29.6 Å². The molecule has 3 N–H and O–H groups in total. The molecule has 0 bridgehead atoms. The predicted molar refractivity (Wildman–Crippen MR) is 135 cm³/mol. The number of carbonyl (C=O) groups is 1. The normalized spacial score (nSPS) is 13.0. The zero-order chi connectivity index (χ0) is 26.4. The van der Waals surface area contributed by atoms with E-state index in [-0.39, 0.29) is 47.7 Å². The first kappa shape index (κ1) is 30.7. The number of pyridine rings is 1. The number of aliphatic carboxylic acids is 1. The van der Waals surface area contributed by atoms with Crippen LogP contribution in [0.1, 0.15) is 56.4 Å². The number of anilines is 2. The summed E-state index contributed by atoms with van der Waals surface area (Å²) in [5.41, 5.74) is 3.91. The Bertz CT molecular complexity index is 1230. The van der Waals surface area contributed by atoms with Gasteiger partial charge in [-0.05, 0) is 43.0 Å². The van der Waals surface area contributed by atoms with Crippen LogP contribution in [-0.2, 0) is 11.3 Å². The van der Waals surface area contributed by atoms with Gasteiger partial charge < -0.3 is 25.4 Å². The van der Waals surface area contributed by atoms with Gasteiger partial charge in [-0.2, -0.15) is 5.10 Å². The van der Waals surface area contributed by atoms with Crippen LogP contribution in [0.15, 0.2) is 42.6 Å². The van der Waals surface area contributed by atoms with E-state index >= 15 is 0 Å². The standard InChI is InChI=1S/C27H33FN4O4.Na/c1-5-32-23(12-13-29-32)30-27-17(4)25(18-6-8-19(28)9-7-18)22(26(31-27)16(2)3)11-10-20(33)14-21(34)15-24(35)36;/h6-13,16,20-21,33-34H,5,14-15H2,1-4H3,(H,30,31)(H,35,36);/q;+1/p-1/b11-10+;/t20-,21-;/m1./s1. The third-order valence-electron chi connectivity index (χ3n) is 5.85. The van der Waals surface area contributed by atoms with Crippen molar-refractivity contribution in [1.82, 2.24) is 14.8 Å². The molecule has 37 heavy (non-hydrogen) atoms. The summed E-state index contributed by atoms with van der Waals surface area (Å²) in [6, 6.07) is 8.03. The molecule has 0 saturated heterocycles. The number of aliphatic hydroxyl groups is 2. The molecule has 0 aliphatic carbocycles. The van der Waals surface area contributed by atoms with E-state index in [1.165, 1.54) is 18.2 Å². The first-order valence-corrected chi connectivity index (χ1v) is 11.9. The summed E-state index contributed by atoms with van der Waals surface area (Å²) in [7, 11) is 0. The van der Waals surface area contributed by atoms with Crippen molar-refractivity contribution in [3.63, 3.8) is 0 Å². The fourth-order valence-corrected chi connectivity index (χ4v) is 4.08. The molecule has 0 unspecified atom stereocenters. The van der Waals surface area contributed by atoms with Crippen molar-refractivity contribution in [2.75, 3.05) is 5.32 Å². The minimum Gasteiger partial charge on any atom is -0.550 e. The number of aliphatic hydroxyl groups excluding tert-OH is 2. The van der Waals surface area contributed by atoms with Crippen molar-refractivity contribution in [3.05, 3.63) is 65.2 Å². The number of carboxylic acid groups (broad SMARTS) is 1. The van der Waals surface area contributed by atoms with Gasteiger partial charge in [0.25, 0.3) is 0 Å². The number of nitrogens with zero attached hydrogens (tertiary/aromatic N) is 3. The Morgan fingerprint density at radius 2 is 1.89 bits per heavy atom. The molecule has 2 aromatic heterocycles. The van der Waals surface area contributed by atoms with Crippen molar-refractivity contribution in [1.29, 1.82) is 0 Å². The van der Waals surface area contributed by atoms with E-state index in [1.54, 1.807) is 24.4 Å². The zero-order valence-electron chi connectivity index (χ0n) is 21.9. The predicted octanol–water partition coefficient (Wildman–Crippen LogP) is 0.549. The van der Waals surface area contributed by atoms with Gasteiger partial charge in [-0.3, -0.25) is 0 Å². The minimum absolute atomic E-state index is 0. The Morgan fingerprint density at radius 3 is 2.49 bits per heavy atom. The van der Waals surface area contributed by atoms with Gasteiger partial charge in [0.2, 0.25) is 0 Å². The molecule has 0 aliphatic heterocycles. The molecule has 3 aromatic rings. The second kappa shape index (κ2) is 13.8. The quantitative estimate of drug-likeness (QED) is 0.317. The smallest absolute Gasteiger partial charge is 0.550 e. The number of aryl methyl sites for hydroxylation is 1. The molecule has 1 aromatic carbocycles. The van der Waals surface area contributed by atoms with E-state index in [9.17, 15) is 24.5 Å². The maximum absolute atomic E-state index is 13.7. The third-order valence-corrected chi connectivity index (χ3v) is 5.85. The minimum atomic E-state index is -1.38. The van der Waals surface area contributed by atoms with Gasteiger partial charge in [0.05, 0.1) is 24.1 Å². The van der Waals surface area contributed by atoms with Crippen LogP contribution in [0, 0.1) is 12.7 Å². The maximum atomic E-state index is 13.7. The van der Waals surface area contributed by atoms with Crippen LogP contribution in [0.4, 0.5) is 16.0 Å². The number of aromatic nitrogens is 3. The van der Waals surface area contributed by atoms with E-state index < -0.39 is 24.6 Å². The molecule has 10 heteroatoms. The van der Waals surface area contributed by atoms with Crippen LogP contribution >= 0.6 is 0 Å². The van der Waals surface area contributed by atoms with Crippen molar-refractivity contribution in [2.45, 2.75) is 65.2 Å². The molecule has 2 heterocycles. The van der Waals surface area contributed by atoms with Crippen LogP contribution in [-0.4, -0.2) is 43.2 Å². The number of hydrogen-bond acceptors (Lipinski definition) is 7. The Labute approximate surface area is 238 Å². The second-order valence-corrected chi connectivity index (χ2v) is 8.97. The summed E-state index contributed by atoms with van der Waals surface area (Å²) in [6.07, 6.45) is 1.91. The topological polar surface area (TPSA) is 123 Å². The number of carboxylic acids is 1. The fraction of sp³-hybridized carbons (Fsp3) is 0.370. The molecule has 0 saturated carbocycles. The second-order valence-electron chi connectivity index (χ2n) is 8.97. The molecular formula is C27H32FN4NaO4. The Morgan fingerprint density at radius 1 is 1.22 bits per heavy atom. The zero-order valence-corrected chi connectivity index (χ0v) is 23.9. The number of benzene rings is 1. The number of carbonyl (C=O) groups excluding carboxylic acids is 1. The first-order valence-electron chi connectivity index (χ1n) is 11.9. The fourth-order valence-electron chi connectivity index (χ4n) is 4.08. The summed E-state index contributed by atoms with van der Waals surface area (Å²) >= 11 is 0. The SMILES string of the molecule is CCn1nccc1Nc1nc(C(C)C)c(/C=C/[C@@H](O)C[C@@H](O)CC(=O)[O-])c(-c2ccc(F)cc2)c1C.[Na+]. The van der Waals surface area contributed by atoms with Crippen LogP contribution in [0.25, 0.3) is 17.2 Å². The molecule has 3 rings (SSSR count). The van der Waals surface area contributed by atoms with E-state index in [2.05, 4.69) is 10.4 Å². The molecule has 192 valence electrons. The Kier molecular flexibility index (Phi) is 11.5. The molecule has 8 nitrogen and oxygen atoms in total. The Balaban J connectivity index is 0.00000481. The van der Waals surface area contributed by atoms with E-state index in [4.69, 9.17) is 4.98 Å². The van der Waals surface area contributed by atoms with Crippen LogP contribution in [0.2, 0.25) is 0 Å². The van der Waals surface area contributed by atoms with Crippen LogP contribution in [0.5, 0.6) is 0 Å². The molecule has 2 atom stereocenters. The van der Waals surface area contributed by atoms with Crippen molar-refractivity contribution < 1.29 is 54.1 Å². The molecule has 0 amide bonds. The van der Waals surface area contributed by atoms with Gasteiger partial charge in [0, 0.05) is 42.5 Å². The summed E-state index contributed by atoms with van der Waals surface area (Å²) in [6.45, 7) is 8.60. The largest absolute Gasteiger partial charge is 1.00 e. The number of nitrogens with one attached hydrogen (secondary N) is 1. The average Bonchev–Trinajstić information content (AvgIpc) is 3.26. The van der Waals surface area contributed by atoms with Gasteiger partial charge in [-0.1, -0.05) is 38.1 Å². The third kappa shape index (κ3) is 7.96. The van der Waals surface area contributed by atoms with Crippen molar-refractivity contribution in [2.24, 2.45) is 0 Å². The van der Waals surface area contributed by atoms with Gasteiger partial charge in [-0.15, -0.1) is 0 Å². The van der Waals surface area contributed by atoms with Crippen LogP contribution < -0.4 is 40.0 Å². The first-order chi connectivity index (χ1) is 17.1. The van der Waals surface area contributed by atoms with Crippen LogP contribution in [0.3, 0.4) is 0 Å². The average molecular weight is 519 g/mol. The number of hydrogen-bond donors (Lipinski definition) is 3. The molecule has 0 aliphatic rings. The maximum Gasteiger partial charge on any atom is 1.00 e. The van der Waals surface area contributed by atoms with E-state index in [0.29, 0.717) is 12.4 Å². The molecule has 0 radical (unpaired) electrons. The summed E-state index contributed by atoms with van der Waals surface area (Å²) in [5, 5.41) is 38.7. The Hall–Kier alpha value is -2.56. The van der Waals surface area contributed by atoms with E-state index in [1.807, 2.05) is 38.4 Å². The molecular weight excluding hydrogens is 486 g/mol. The molecule has 0 fully saturated rings. The number of rotatable bonds is 11. The monoisotopic (exact) mass is 518 g/mol. The van der Waals surface area contributed by atoms with E-state index in [0.717, 1.165) is 33.8 Å². The van der Waals surface area contributed by atoms with Crippen molar-refractivity contribution in [3.8, 4) is 11.1 Å². The van der Waals surface area contributed by atoms with Gasteiger partial charge in [0.15, 0.2) is 0 Å². The van der Waals surface area contributed by atoms with Gasteiger partial charge in [0.1, 0.15) is 17.5 Å². The number of halogens is 1.